The smallest absolute Gasteiger partial charge is 0.326 e. The van der Waals surface area contributed by atoms with Crippen LogP contribution >= 0.6 is 0 Å². The second-order valence-electron chi connectivity index (χ2n) is 8.82. The normalized spacial score (nSPS) is 15.4. The Hall–Kier alpha value is -3.48. The monoisotopic (exact) mass is 496 g/mol. The van der Waals surface area contributed by atoms with E-state index in [1.807, 2.05) is 0 Å². The lowest BCUT2D eigenvalue weighted by molar-refractivity contribution is -0.144. The standard InChI is InChI=1S/C22H36N6O7/c1-5-12(4)18(22(34)35)28-21(33)17(11(2)3)27-20(32)15(6-7-16(29)30)26-19(31)14(23)8-13-9-24-10-25-13/h9-12,14-15,17-18H,5-8,23H2,1-4H3,(H,24,25)(H,26,31)(H,27,32)(H,28,33)(H,29,30)(H,34,35). The Balaban J connectivity index is 2.96. The highest BCUT2D eigenvalue weighted by molar-refractivity contribution is 5.94. The number of hydrogen-bond acceptors (Lipinski definition) is 7. The van der Waals surface area contributed by atoms with E-state index in [9.17, 15) is 29.1 Å². The van der Waals surface area contributed by atoms with Gasteiger partial charge < -0.3 is 36.9 Å². The second-order valence-corrected chi connectivity index (χ2v) is 8.82. The molecule has 8 N–H and O–H groups in total. The molecular formula is C22H36N6O7. The number of aromatic amines is 1. The predicted octanol–water partition coefficient (Wildman–Crippen LogP) is -0.615. The summed E-state index contributed by atoms with van der Waals surface area (Å²) < 4.78 is 0. The zero-order chi connectivity index (χ0) is 26.7. The van der Waals surface area contributed by atoms with Crippen LogP contribution in [-0.2, 0) is 30.4 Å². The number of hydrogen-bond donors (Lipinski definition) is 7. The van der Waals surface area contributed by atoms with E-state index in [2.05, 4.69) is 25.9 Å². The lowest BCUT2D eigenvalue weighted by atomic mass is 9.97. The van der Waals surface area contributed by atoms with Crippen LogP contribution < -0.4 is 21.7 Å². The molecule has 196 valence electrons. The van der Waals surface area contributed by atoms with E-state index in [-0.39, 0.29) is 18.8 Å². The topological polar surface area (TPSA) is 217 Å². The van der Waals surface area contributed by atoms with Crippen molar-refractivity contribution >= 4 is 29.7 Å². The van der Waals surface area contributed by atoms with Crippen molar-refractivity contribution in [2.75, 3.05) is 0 Å². The van der Waals surface area contributed by atoms with Gasteiger partial charge in [-0.05, 0) is 18.3 Å². The van der Waals surface area contributed by atoms with Crippen molar-refractivity contribution in [3.63, 3.8) is 0 Å². The van der Waals surface area contributed by atoms with Gasteiger partial charge in [0.05, 0.1) is 12.4 Å². The van der Waals surface area contributed by atoms with Crippen LogP contribution in [0.25, 0.3) is 0 Å². The van der Waals surface area contributed by atoms with E-state index in [4.69, 9.17) is 10.8 Å². The molecule has 0 aliphatic carbocycles. The third kappa shape index (κ3) is 9.73. The Morgan fingerprint density at radius 2 is 1.63 bits per heavy atom. The minimum atomic E-state index is -1.27. The molecule has 1 aromatic rings. The molecule has 1 aromatic heterocycles. The molecule has 0 saturated heterocycles. The Labute approximate surface area is 203 Å². The minimum absolute atomic E-state index is 0.113. The van der Waals surface area contributed by atoms with Gasteiger partial charge in [0.2, 0.25) is 17.7 Å². The Morgan fingerprint density at radius 3 is 2.11 bits per heavy atom. The number of nitrogens with zero attached hydrogens (tertiary/aromatic N) is 1. The highest BCUT2D eigenvalue weighted by Crippen LogP contribution is 2.11. The molecule has 0 aliphatic rings. The number of carbonyl (C=O) groups is 5. The van der Waals surface area contributed by atoms with E-state index >= 15 is 0 Å². The van der Waals surface area contributed by atoms with E-state index in [0.29, 0.717) is 12.1 Å². The number of amides is 3. The first-order chi connectivity index (χ1) is 16.4. The van der Waals surface area contributed by atoms with Crippen molar-refractivity contribution in [1.29, 1.82) is 0 Å². The zero-order valence-corrected chi connectivity index (χ0v) is 20.4. The summed E-state index contributed by atoms with van der Waals surface area (Å²) in [6, 6.07) is -4.57. The van der Waals surface area contributed by atoms with Crippen LogP contribution in [0.15, 0.2) is 12.5 Å². The average molecular weight is 497 g/mol. The van der Waals surface area contributed by atoms with Crippen LogP contribution in [0.3, 0.4) is 0 Å². The van der Waals surface area contributed by atoms with Crippen LogP contribution in [0.2, 0.25) is 0 Å². The van der Waals surface area contributed by atoms with Crippen molar-refractivity contribution in [1.82, 2.24) is 25.9 Å². The maximum atomic E-state index is 13.0. The first-order valence-electron chi connectivity index (χ1n) is 11.5. The molecule has 0 saturated carbocycles. The molecule has 5 unspecified atom stereocenters. The van der Waals surface area contributed by atoms with Crippen LogP contribution in [0.5, 0.6) is 0 Å². The summed E-state index contributed by atoms with van der Waals surface area (Å²) >= 11 is 0. The van der Waals surface area contributed by atoms with Crippen LogP contribution in [0.4, 0.5) is 0 Å². The molecule has 0 fully saturated rings. The number of H-pyrrole nitrogens is 1. The summed E-state index contributed by atoms with van der Waals surface area (Å²) in [4.78, 5) is 67.7. The number of carbonyl (C=O) groups excluding carboxylic acids is 3. The fourth-order valence-electron chi connectivity index (χ4n) is 3.26. The van der Waals surface area contributed by atoms with Gasteiger partial charge in [0.25, 0.3) is 0 Å². The fourth-order valence-corrected chi connectivity index (χ4v) is 3.26. The average Bonchev–Trinajstić information content (AvgIpc) is 3.29. The van der Waals surface area contributed by atoms with E-state index < -0.39 is 66.2 Å². The summed E-state index contributed by atoms with van der Waals surface area (Å²) in [7, 11) is 0. The molecule has 0 radical (unpaired) electrons. The number of aromatic nitrogens is 2. The molecular weight excluding hydrogens is 460 g/mol. The van der Waals surface area contributed by atoms with Gasteiger partial charge in [-0.2, -0.15) is 0 Å². The maximum absolute atomic E-state index is 13.0. The number of carboxylic acid groups (broad SMARTS) is 2. The molecule has 0 bridgehead atoms. The number of nitrogens with one attached hydrogen (secondary N) is 4. The molecule has 1 rings (SSSR count). The van der Waals surface area contributed by atoms with E-state index in [1.54, 1.807) is 27.7 Å². The molecule has 0 aliphatic heterocycles. The van der Waals surface area contributed by atoms with Gasteiger partial charge in [-0.15, -0.1) is 0 Å². The predicted molar refractivity (Wildman–Crippen MR) is 125 cm³/mol. The third-order valence-electron chi connectivity index (χ3n) is 5.64. The molecule has 0 spiro atoms. The number of imidazole rings is 1. The first-order valence-corrected chi connectivity index (χ1v) is 11.5. The molecule has 13 heteroatoms. The molecule has 3 amide bonds. The highest BCUT2D eigenvalue weighted by atomic mass is 16.4. The third-order valence-corrected chi connectivity index (χ3v) is 5.64. The fraction of sp³-hybridized carbons (Fsp3) is 0.636. The van der Waals surface area contributed by atoms with E-state index in [1.165, 1.54) is 12.5 Å². The molecule has 1 heterocycles. The summed E-state index contributed by atoms with van der Waals surface area (Å²) in [5.74, 6) is -5.30. The molecule has 13 nitrogen and oxygen atoms in total. The summed E-state index contributed by atoms with van der Waals surface area (Å²) in [6.07, 6.45) is 2.90. The van der Waals surface area contributed by atoms with Gasteiger partial charge in [0.15, 0.2) is 0 Å². The van der Waals surface area contributed by atoms with Crippen LogP contribution in [0, 0.1) is 11.8 Å². The van der Waals surface area contributed by atoms with Gasteiger partial charge in [-0.25, -0.2) is 9.78 Å². The molecule has 35 heavy (non-hydrogen) atoms. The largest absolute Gasteiger partial charge is 0.481 e. The van der Waals surface area contributed by atoms with Crippen molar-refractivity contribution in [2.45, 2.75) is 77.5 Å². The number of rotatable bonds is 15. The second kappa shape index (κ2) is 14.0. The van der Waals surface area contributed by atoms with Gasteiger partial charge in [0, 0.05) is 24.7 Å². The summed E-state index contributed by atoms with van der Waals surface area (Å²) in [5.41, 5.74) is 6.51. The van der Waals surface area contributed by atoms with Gasteiger partial charge in [0.1, 0.15) is 18.1 Å². The first kappa shape index (κ1) is 29.6. The van der Waals surface area contributed by atoms with Crippen molar-refractivity contribution in [2.24, 2.45) is 17.6 Å². The Kier molecular flexibility index (Phi) is 11.9. The van der Waals surface area contributed by atoms with Gasteiger partial charge in [-0.3, -0.25) is 19.2 Å². The SMILES string of the molecule is CCC(C)C(NC(=O)C(NC(=O)C(CCC(=O)O)NC(=O)C(N)Cc1cnc[nH]1)C(C)C)C(=O)O. The van der Waals surface area contributed by atoms with Crippen molar-refractivity contribution < 1.29 is 34.2 Å². The van der Waals surface area contributed by atoms with Gasteiger partial charge >= 0.3 is 11.9 Å². The molecule has 0 aromatic carbocycles. The minimum Gasteiger partial charge on any atom is -0.481 e. The van der Waals surface area contributed by atoms with Crippen LogP contribution in [0.1, 0.15) is 52.7 Å². The lowest BCUT2D eigenvalue weighted by Crippen LogP contribution is -2.59. The number of carboxylic acids is 2. The summed E-state index contributed by atoms with van der Waals surface area (Å²) in [5, 5.41) is 25.9. The van der Waals surface area contributed by atoms with E-state index in [0.717, 1.165) is 0 Å². The van der Waals surface area contributed by atoms with Crippen LogP contribution in [-0.4, -0.2) is 74.0 Å². The highest BCUT2D eigenvalue weighted by Gasteiger charge is 2.33. The zero-order valence-electron chi connectivity index (χ0n) is 20.4. The quantitative estimate of drug-likeness (QED) is 0.164. The Morgan fingerprint density at radius 1 is 1.00 bits per heavy atom. The van der Waals surface area contributed by atoms with Crippen molar-refractivity contribution in [3.8, 4) is 0 Å². The molecule has 5 atom stereocenters. The lowest BCUT2D eigenvalue weighted by Gasteiger charge is -2.28. The van der Waals surface area contributed by atoms with Gasteiger partial charge in [-0.1, -0.05) is 34.1 Å². The number of nitrogens with two attached hydrogens (primary N) is 1. The summed E-state index contributed by atoms with van der Waals surface area (Å²) in [6.45, 7) is 6.80. The Bertz CT molecular complexity index is 874. The number of aliphatic carboxylic acids is 2. The maximum Gasteiger partial charge on any atom is 0.326 e. The van der Waals surface area contributed by atoms with Crippen molar-refractivity contribution in [3.05, 3.63) is 18.2 Å².